The van der Waals surface area contributed by atoms with Crippen LogP contribution in [0.5, 0.6) is 0 Å². The number of aromatic nitrogens is 2. The summed E-state index contributed by atoms with van der Waals surface area (Å²) >= 11 is 0. The molecule has 0 spiro atoms. The van der Waals surface area contributed by atoms with E-state index in [0.29, 0.717) is 22.9 Å². The quantitative estimate of drug-likeness (QED) is 0.265. The Balaban J connectivity index is 1.25. The van der Waals surface area contributed by atoms with Gasteiger partial charge in [-0.25, -0.2) is 9.18 Å². The summed E-state index contributed by atoms with van der Waals surface area (Å²) in [6, 6.07) is 16.0. The molecule has 1 aliphatic heterocycles. The minimum Gasteiger partial charge on any atom is -0.364 e. The summed E-state index contributed by atoms with van der Waals surface area (Å²) < 4.78 is 16.9. The van der Waals surface area contributed by atoms with Crippen LogP contribution in [0.3, 0.4) is 0 Å². The van der Waals surface area contributed by atoms with Gasteiger partial charge >= 0.3 is 0 Å². The van der Waals surface area contributed by atoms with E-state index in [2.05, 4.69) is 15.4 Å². The van der Waals surface area contributed by atoms with E-state index < -0.39 is 23.7 Å². The summed E-state index contributed by atoms with van der Waals surface area (Å²) in [5, 5.41) is 7.28. The molecule has 10 nitrogen and oxygen atoms in total. The second-order valence-electron chi connectivity index (χ2n) is 10.4. The number of isocyanates is 1. The normalized spacial score (nSPS) is 19.0. The fraction of sp³-hybridized carbons (Fsp3) is 0.233. The van der Waals surface area contributed by atoms with E-state index in [9.17, 15) is 19.2 Å². The van der Waals surface area contributed by atoms with Crippen LogP contribution in [0.1, 0.15) is 28.9 Å². The number of carbonyl (C=O) groups is 3. The van der Waals surface area contributed by atoms with Crippen LogP contribution in [0.15, 0.2) is 65.7 Å². The van der Waals surface area contributed by atoms with Crippen LogP contribution in [0.4, 0.5) is 15.8 Å². The largest absolute Gasteiger partial charge is 0.364 e. The molecule has 11 heteroatoms. The fourth-order valence-electron chi connectivity index (χ4n) is 5.78. The fourth-order valence-corrected chi connectivity index (χ4v) is 5.78. The number of hydrogen-bond acceptors (Lipinski definition) is 6. The van der Waals surface area contributed by atoms with Gasteiger partial charge < -0.3 is 16.0 Å². The molecular formula is C30H25FN6O4. The number of nitrogens with one attached hydrogen (secondary N) is 1. The second-order valence-corrected chi connectivity index (χ2v) is 10.4. The molecule has 1 aliphatic carbocycles. The smallest absolute Gasteiger partial charge is 0.269 e. The zero-order valence-corrected chi connectivity index (χ0v) is 22.0. The lowest BCUT2D eigenvalue weighted by Gasteiger charge is -2.27. The third-order valence-corrected chi connectivity index (χ3v) is 7.81. The van der Waals surface area contributed by atoms with Crippen LogP contribution in [0, 0.1) is 18.7 Å². The van der Waals surface area contributed by atoms with Crippen molar-refractivity contribution in [2.24, 2.45) is 16.6 Å². The first-order valence-corrected chi connectivity index (χ1v) is 13.1. The molecule has 1 saturated carbocycles. The van der Waals surface area contributed by atoms with Gasteiger partial charge in [0.1, 0.15) is 12.6 Å². The number of aliphatic imine (C=N–C) groups is 1. The lowest BCUT2D eigenvalue weighted by molar-refractivity contribution is -0.138. The first-order chi connectivity index (χ1) is 19.8. The molecule has 6 rings (SSSR count). The maximum atomic E-state index is 15.5. The Morgan fingerprint density at radius 1 is 1.10 bits per heavy atom. The number of piperidine rings is 1. The lowest BCUT2D eigenvalue weighted by Crippen LogP contribution is -2.46. The van der Waals surface area contributed by atoms with Gasteiger partial charge in [0.15, 0.2) is 11.5 Å². The van der Waals surface area contributed by atoms with Gasteiger partial charge in [0.05, 0.1) is 16.9 Å². The van der Waals surface area contributed by atoms with Gasteiger partial charge in [-0.2, -0.15) is 10.1 Å². The Hall–Kier alpha value is -5.15. The lowest BCUT2D eigenvalue weighted by atomic mass is 9.99. The number of hydrogen-bond donors (Lipinski definition) is 2. The molecule has 41 heavy (non-hydrogen) atoms. The van der Waals surface area contributed by atoms with Crippen LogP contribution in [-0.2, 0) is 20.9 Å². The van der Waals surface area contributed by atoms with Crippen molar-refractivity contribution in [3.63, 3.8) is 0 Å². The van der Waals surface area contributed by atoms with Gasteiger partial charge in [0.25, 0.3) is 5.91 Å². The van der Waals surface area contributed by atoms with E-state index in [4.69, 9.17) is 5.73 Å². The third-order valence-electron chi connectivity index (χ3n) is 7.81. The van der Waals surface area contributed by atoms with Gasteiger partial charge in [0, 0.05) is 17.0 Å². The highest BCUT2D eigenvalue weighted by Crippen LogP contribution is 2.48. The van der Waals surface area contributed by atoms with Crippen molar-refractivity contribution in [2.75, 3.05) is 5.32 Å². The number of nitrogens with zero attached hydrogens (tertiary/aromatic N) is 4. The van der Waals surface area contributed by atoms with Gasteiger partial charge in [0.2, 0.25) is 17.9 Å². The number of primary amides is 1. The first kappa shape index (κ1) is 26.1. The summed E-state index contributed by atoms with van der Waals surface area (Å²) in [4.78, 5) is 54.8. The second kappa shape index (κ2) is 10.1. The van der Waals surface area contributed by atoms with Crippen LogP contribution in [0.25, 0.3) is 22.0 Å². The molecule has 0 unspecified atom stereocenters. The molecule has 2 aliphatic rings. The third kappa shape index (κ3) is 4.66. The number of fused-ring (bicyclic) bond motifs is 2. The number of aryl methyl sites for hydroxylation is 1. The van der Waals surface area contributed by atoms with E-state index in [1.807, 2.05) is 31.2 Å². The Kier molecular flexibility index (Phi) is 6.43. The maximum absolute atomic E-state index is 15.5. The molecule has 1 saturated heterocycles. The van der Waals surface area contributed by atoms with E-state index in [-0.39, 0.29) is 41.5 Å². The van der Waals surface area contributed by atoms with Crippen molar-refractivity contribution in [3.8, 4) is 11.1 Å². The van der Waals surface area contributed by atoms with Crippen molar-refractivity contribution in [1.29, 1.82) is 0 Å². The minimum atomic E-state index is -0.802. The molecule has 0 radical (unpaired) electrons. The number of likely N-dealkylation sites (tertiary alicyclic amines) is 1. The summed E-state index contributed by atoms with van der Waals surface area (Å²) in [5.41, 5.74) is 8.19. The number of rotatable bonds is 7. The van der Waals surface area contributed by atoms with Gasteiger partial charge in [-0.05, 0) is 61.1 Å². The van der Waals surface area contributed by atoms with Crippen LogP contribution in [0.2, 0.25) is 0 Å². The number of carbonyl (C=O) groups excluding carboxylic acids is 4. The number of nitrogens with two attached hydrogens (primary N) is 1. The molecule has 3 aromatic carbocycles. The van der Waals surface area contributed by atoms with Gasteiger partial charge in [-0.15, -0.1) is 0 Å². The van der Waals surface area contributed by atoms with Crippen molar-refractivity contribution < 1.29 is 23.6 Å². The molecule has 3 N–H and O–H groups in total. The van der Waals surface area contributed by atoms with Crippen LogP contribution in [-0.4, -0.2) is 50.6 Å². The Morgan fingerprint density at radius 3 is 2.63 bits per heavy atom. The van der Waals surface area contributed by atoms with Crippen LogP contribution < -0.4 is 11.1 Å². The van der Waals surface area contributed by atoms with Gasteiger partial charge in [-0.1, -0.05) is 36.4 Å². The summed E-state index contributed by atoms with van der Waals surface area (Å²) in [7, 11) is 0. The molecule has 2 heterocycles. The average Bonchev–Trinajstić information content (AvgIpc) is 3.46. The number of halogens is 1. The predicted octanol–water partition coefficient (Wildman–Crippen LogP) is 3.85. The van der Waals surface area contributed by atoms with Gasteiger partial charge in [-0.3, -0.25) is 19.1 Å². The van der Waals surface area contributed by atoms with Crippen LogP contribution >= 0.6 is 0 Å². The first-order valence-electron chi connectivity index (χ1n) is 13.1. The highest BCUT2D eigenvalue weighted by molar-refractivity contribution is 6.05. The zero-order valence-electron chi connectivity index (χ0n) is 22.0. The SMILES string of the molecule is Cc1ccccc1-c1cccc(NC(=O)[C@@H]2C[C@H]3C[C@H]3N2C(=O)Cn2nc(C(N)=O)c3cc(N=C=O)ccc32)c1F. The summed E-state index contributed by atoms with van der Waals surface area (Å²) in [6.45, 7) is 1.64. The van der Waals surface area contributed by atoms with E-state index >= 15 is 4.39 Å². The summed E-state index contributed by atoms with van der Waals surface area (Å²) in [5.74, 6) is -1.98. The predicted molar refractivity (Wildman–Crippen MR) is 148 cm³/mol. The molecule has 2 fully saturated rings. The number of amides is 3. The van der Waals surface area contributed by atoms with E-state index in [1.165, 1.54) is 29.0 Å². The molecule has 0 bridgehead atoms. The number of benzene rings is 3. The Morgan fingerprint density at radius 2 is 1.88 bits per heavy atom. The van der Waals surface area contributed by atoms with E-state index in [1.54, 1.807) is 23.1 Å². The molecule has 3 atom stereocenters. The summed E-state index contributed by atoms with van der Waals surface area (Å²) in [6.07, 6.45) is 2.70. The highest BCUT2D eigenvalue weighted by Gasteiger charge is 2.56. The standard InChI is InChI=1S/C30H25FN6O4/c1-16-5-2-3-6-19(16)20-7-4-8-22(27(20)31)34-30(41)25-12-17-11-24(17)37(25)26(39)14-36-23-10-9-18(33-15-38)13-21(23)28(35-36)29(32)40/h2-10,13,17,24-25H,11-12,14H2,1H3,(H2,32,40)(H,34,41)/t17-,24-,25+/m1/s1. The average molecular weight is 553 g/mol. The number of anilines is 1. The molecule has 206 valence electrons. The molecule has 1 aromatic heterocycles. The minimum absolute atomic E-state index is 0.0432. The topological polar surface area (TPSA) is 140 Å². The molecular weight excluding hydrogens is 527 g/mol. The molecule has 4 aromatic rings. The van der Waals surface area contributed by atoms with E-state index in [0.717, 1.165) is 17.5 Å². The Bertz CT molecular complexity index is 1790. The van der Waals surface area contributed by atoms with Crippen molar-refractivity contribution in [1.82, 2.24) is 14.7 Å². The Labute approximate surface area is 233 Å². The zero-order chi connectivity index (χ0) is 28.8. The molecule has 3 amide bonds. The van der Waals surface area contributed by atoms with Crippen molar-refractivity contribution in [2.45, 2.75) is 38.4 Å². The van der Waals surface area contributed by atoms with Crippen molar-refractivity contribution >= 4 is 46.1 Å². The van der Waals surface area contributed by atoms with Crippen molar-refractivity contribution in [3.05, 3.63) is 77.7 Å². The maximum Gasteiger partial charge on any atom is 0.269 e. The highest BCUT2D eigenvalue weighted by atomic mass is 19.1. The monoisotopic (exact) mass is 552 g/mol.